The summed E-state index contributed by atoms with van der Waals surface area (Å²) < 4.78 is 13.8. The summed E-state index contributed by atoms with van der Waals surface area (Å²) in [6, 6.07) is 4.38. The number of imide groups is 1. The molecule has 1 heterocycles. The predicted octanol–water partition coefficient (Wildman–Crippen LogP) is 2.24. The number of hydrogen-bond acceptors (Lipinski definition) is 3. The second kappa shape index (κ2) is 4.48. The molecule has 3 saturated carbocycles. The van der Waals surface area contributed by atoms with Gasteiger partial charge in [-0.05, 0) is 43.4 Å². The number of carbonyl (C=O) groups is 3. The van der Waals surface area contributed by atoms with Crippen molar-refractivity contribution >= 4 is 23.3 Å². The Bertz CT molecular complexity index is 714. The van der Waals surface area contributed by atoms with Crippen LogP contribution in [0.25, 0.3) is 0 Å². The summed E-state index contributed by atoms with van der Waals surface area (Å²) >= 11 is 0. The van der Waals surface area contributed by atoms with E-state index in [1.54, 1.807) is 19.1 Å². The van der Waals surface area contributed by atoms with Crippen molar-refractivity contribution in [2.75, 3.05) is 4.90 Å². The van der Waals surface area contributed by atoms with Crippen LogP contribution in [-0.2, 0) is 14.4 Å². The molecule has 5 rings (SSSR count). The fourth-order valence-corrected chi connectivity index (χ4v) is 4.36. The van der Waals surface area contributed by atoms with Gasteiger partial charge in [0, 0.05) is 12.3 Å². The molecule has 2 bridgehead atoms. The summed E-state index contributed by atoms with van der Waals surface area (Å²) in [5, 5.41) is 0. The highest BCUT2D eigenvalue weighted by Gasteiger charge is 2.60. The Balaban J connectivity index is 1.77. The molecule has 0 N–H and O–H groups in total. The molecule has 4 aliphatic rings. The number of hydrogen-bond donors (Lipinski definition) is 0. The second-order valence-corrected chi connectivity index (χ2v) is 6.61. The van der Waals surface area contributed by atoms with E-state index in [-0.39, 0.29) is 35.1 Å². The van der Waals surface area contributed by atoms with E-state index in [0.717, 1.165) is 11.3 Å². The smallest absolute Gasteiger partial charge is 0.238 e. The highest BCUT2D eigenvalue weighted by Crippen LogP contribution is 2.52. The van der Waals surface area contributed by atoms with Gasteiger partial charge >= 0.3 is 0 Å². The molecular formula is C17H16FNO3. The number of aryl methyl sites for hydroxylation is 1. The lowest BCUT2D eigenvalue weighted by Gasteiger charge is -2.41. The zero-order chi connectivity index (χ0) is 15.6. The number of anilines is 1. The van der Waals surface area contributed by atoms with Gasteiger partial charge in [0.15, 0.2) is 0 Å². The SMILES string of the molecule is Cc1ccc(N2C(=O)[C@H]3[C@@H]4CC[C@@H](C(=O)C4)[C@H]3C2=O)cc1F. The minimum Gasteiger partial charge on any atom is -0.299 e. The lowest BCUT2D eigenvalue weighted by molar-refractivity contribution is -0.143. The summed E-state index contributed by atoms with van der Waals surface area (Å²) in [5.74, 6) is -2.21. The van der Waals surface area contributed by atoms with Crippen LogP contribution in [0.5, 0.6) is 0 Å². The van der Waals surface area contributed by atoms with Crippen molar-refractivity contribution < 1.29 is 18.8 Å². The molecule has 4 nitrogen and oxygen atoms in total. The van der Waals surface area contributed by atoms with Gasteiger partial charge in [-0.1, -0.05) is 6.07 Å². The van der Waals surface area contributed by atoms with Crippen LogP contribution in [0.15, 0.2) is 18.2 Å². The summed E-state index contributed by atoms with van der Waals surface area (Å²) in [6.07, 6.45) is 1.92. The molecule has 4 fully saturated rings. The third-order valence-corrected chi connectivity index (χ3v) is 5.48. The van der Waals surface area contributed by atoms with Gasteiger partial charge in [-0.2, -0.15) is 0 Å². The van der Waals surface area contributed by atoms with Crippen molar-refractivity contribution in [2.24, 2.45) is 23.7 Å². The quantitative estimate of drug-likeness (QED) is 0.748. The van der Waals surface area contributed by atoms with E-state index in [1.165, 1.54) is 6.07 Å². The molecule has 1 aromatic carbocycles. The standard InChI is InChI=1S/C17H16FNO3/c1-8-2-4-10(7-12(8)18)19-16(21)14-9-3-5-11(13(20)6-9)15(14)17(19)22/h2,4,7,9,11,14-15H,3,5-6H2,1H3/t9-,11+,14+,15-/m1/s1. The fourth-order valence-electron chi connectivity index (χ4n) is 4.36. The molecule has 2 amide bonds. The van der Waals surface area contributed by atoms with Crippen LogP contribution in [0.4, 0.5) is 10.1 Å². The average Bonchev–Trinajstić information content (AvgIpc) is 2.76. The van der Waals surface area contributed by atoms with Gasteiger partial charge in [-0.25, -0.2) is 9.29 Å². The Morgan fingerprint density at radius 1 is 1.09 bits per heavy atom. The highest BCUT2D eigenvalue weighted by molar-refractivity contribution is 6.23. The van der Waals surface area contributed by atoms with E-state index in [0.29, 0.717) is 18.4 Å². The number of carbonyl (C=O) groups excluding carboxylic acids is 3. The normalized spacial score (nSPS) is 33.5. The first-order valence-corrected chi connectivity index (χ1v) is 7.65. The lowest BCUT2D eigenvalue weighted by atomic mass is 9.59. The minimum atomic E-state index is -0.531. The number of benzene rings is 1. The average molecular weight is 301 g/mol. The topological polar surface area (TPSA) is 54.5 Å². The molecule has 22 heavy (non-hydrogen) atoms. The third kappa shape index (κ3) is 1.65. The van der Waals surface area contributed by atoms with Crippen molar-refractivity contribution in [3.8, 4) is 0 Å². The van der Waals surface area contributed by atoms with E-state index in [9.17, 15) is 18.8 Å². The fraction of sp³-hybridized carbons (Fsp3) is 0.471. The number of rotatable bonds is 1. The van der Waals surface area contributed by atoms with Crippen molar-refractivity contribution in [1.82, 2.24) is 0 Å². The molecule has 114 valence electrons. The summed E-state index contributed by atoms with van der Waals surface area (Å²) in [6.45, 7) is 1.63. The zero-order valence-corrected chi connectivity index (χ0v) is 12.2. The first-order chi connectivity index (χ1) is 10.5. The minimum absolute atomic E-state index is 0.0285. The maximum Gasteiger partial charge on any atom is 0.238 e. The molecule has 5 heteroatoms. The summed E-state index contributed by atoms with van der Waals surface area (Å²) in [5.41, 5.74) is 0.745. The van der Waals surface area contributed by atoms with Crippen LogP contribution in [0.2, 0.25) is 0 Å². The summed E-state index contributed by atoms with van der Waals surface area (Å²) in [7, 11) is 0. The Labute approximate surface area is 127 Å². The number of nitrogens with zero attached hydrogens (tertiary/aromatic N) is 1. The van der Waals surface area contributed by atoms with Crippen LogP contribution < -0.4 is 4.90 Å². The van der Waals surface area contributed by atoms with Crippen LogP contribution in [0.1, 0.15) is 24.8 Å². The Hall–Kier alpha value is -2.04. The maximum absolute atomic E-state index is 13.8. The van der Waals surface area contributed by atoms with Crippen molar-refractivity contribution in [2.45, 2.75) is 26.2 Å². The number of amides is 2. The van der Waals surface area contributed by atoms with Gasteiger partial charge in [-0.3, -0.25) is 14.4 Å². The maximum atomic E-state index is 13.8. The largest absolute Gasteiger partial charge is 0.299 e. The third-order valence-electron chi connectivity index (χ3n) is 5.48. The van der Waals surface area contributed by atoms with Gasteiger partial charge in [0.25, 0.3) is 0 Å². The van der Waals surface area contributed by atoms with Crippen molar-refractivity contribution in [3.63, 3.8) is 0 Å². The lowest BCUT2D eigenvalue weighted by Crippen LogP contribution is -2.46. The van der Waals surface area contributed by atoms with Crippen LogP contribution in [-0.4, -0.2) is 17.6 Å². The van der Waals surface area contributed by atoms with Crippen LogP contribution in [0, 0.1) is 36.4 Å². The molecule has 0 unspecified atom stereocenters. The molecule has 0 spiro atoms. The second-order valence-electron chi connectivity index (χ2n) is 6.61. The zero-order valence-electron chi connectivity index (χ0n) is 12.2. The first kappa shape index (κ1) is 13.6. The number of fused-ring (bicyclic) bond motifs is 2. The Morgan fingerprint density at radius 3 is 2.50 bits per heavy atom. The van der Waals surface area contributed by atoms with E-state index in [1.807, 2.05) is 0 Å². The monoisotopic (exact) mass is 301 g/mol. The predicted molar refractivity (Wildman–Crippen MR) is 76.4 cm³/mol. The molecule has 1 aromatic rings. The van der Waals surface area contributed by atoms with Gasteiger partial charge < -0.3 is 0 Å². The van der Waals surface area contributed by atoms with E-state index < -0.39 is 17.7 Å². The molecule has 1 aliphatic heterocycles. The van der Waals surface area contributed by atoms with E-state index in [2.05, 4.69) is 0 Å². The van der Waals surface area contributed by atoms with Gasteiger partial charge in [-0.15, -0.1) is 0 Å². The highest BCUT2D eigenvalue weighted by atomic mass is 19.1. The van der Waals surface area contributed by atoms with E-state index >= 15 is 0 Å². The first-order valence-electron chi connectivity index (χ1n) is 7.65. The van der Waals surface area contributed by atoms with Gasteiger partial charge in [0.2, 0.25) is 11.8 Å². The van der Waals surface area contributed by atoms with Crippen molar-refractivity contribution in [3.05, 3.63) is 29.6 Å². The Morgan fingerprint density at radius 2 is 1.82 bits per heavy atom. The van der Waals surface area contributed by atoms with Gasteiger partial charge in [0.1, 0.15) is 11.6 Å². The van der Waals surface area contributed by atoms with Crippen LogP contribution >= 0.6 is 0 Å². The van der Waals surface area contributed by atoms with Gasteiger partial charge in [0.05, 0.1) is 17.5 Å². The van der Waals surface area contributed by atoms with Crippen LogP contribution in [0.3, 0.4) is 0 Å². The Kier molecular flexibility index (Phi) is 2.77. The number of ketones is 1. The summed E-state index contributed by atoms with van der Waals surface area (Å²) in [4.78, 5) is 38.6. The van der Waals surface area contributed by atoms with E-state index in [4.69, 9.17) is 0 Å². The number of halogens is 1. The molecule has 4 atom stereocenters. The van der Waals surface area contributed by atoms with Crippen molar-refractivity contribution in [1.29, 1.82) is 0 Å². The molecule has 0 aromatic heterocycles. The molecule has 3 aliphatic carbocycles. The number of Topliss-reactive ketones (excluding diaryl/α,β-unsaturated/α-hetero) is 1. The molecule has 1 saturated heterocycles. The molecular weight excluding hydrogens is 285 g/mol. The molecule has 0 radical (unpaired) electrons.